The third-order valence-electron chi connectivity index (χ3n) is 4.57. The molecule has 0 bridgehead atoms. The molecule has 2 amide bonds. The number of hydrogen-bond donors (Lipinski definition) is 2. The SMILES string of the molecule is CCNC(=O)N1CCC(N(CCOc2cccc(C)c2)CC(=O)O)CC1. The quantitative estimate of drug-likeness (QED) is 0.738. The Kier molecular flexibility index (Phi) is 7.72. The number of piperidine rings is 1. The average Bonchev–Trinajstić information content (AvgIpc) is 2.61. The molecular formula is C19H29N3O4. The molecule has 1 fully saturated rings. The largest absolute Gasteiger partial charge is 0.492 e. The summed E-state index contributed by atoms with van der Waals surface area (Å²) < 4.78 is 5.77. The van der Waals surface area contributed by atoms with Crippen LogP contribution >= 0.6 is 0 Å². The molecule has 0 atom stereocenters. The number of carboxylic acid groups (broad SMARTS) is 1. The Morgan fingerprint density at radius 3 is 2.69 bits per heavy atom. The van der Waals surface area contributed by atoms with E-state index in [1.165, 1.54) is 0 Å². The number of aliphatic carboxylic acids is 1. The lowest BCUT2D eigenvalue weighted by Crippen LogP contribution is -2.51. The number of nitrogens with one attached hydrogen (secondary N) is 1. The van der Waals surface area contributed by atoms with E-state index in [4.69, 9.17) is 4.74 Å². The second-order valence-electron chi connectivity index (χ2n) is 6.58. The van der Waals surface area contributed by atoms with E-state index < -0.39 is 5.97 Å². The zero-order valence-corrected chi connectivity index (χ0v) is 15.6. The van der Waals surface area contributed by atoms with Crippen molar-refractivity contribution >= 4 is 12.0 Å². The zero-order chi connectivity index (χ0) is 18.9. The van der Waals surface area contributed by atoms with Gasteiger partial charge in [0.05, 0.1) is 6.54 Å². The first-order valence-corrected chi connectivity index (χ1v) is 9.17. The van der Waals surface area contributed by atoms with Crippen LogP contribution in [0.1, 0.15) is 25.3 Å². The van der Waals surface area contributed by atoms with E-state index in [0.717, 1.165) is 24.2 Å². The molecular weight excluding hydrogens is 334 g/mol. The summed E-state index contributed by atoms with van der Waals surface area (Å²) in [5.74, 6) is -0.0435. The maximum Gasteiger partial charge on any atom is 0.317 e. The van der Waals surface area contributed by atoms with Gasteiger partial charge in [0, 0.05) is 32.2 Å². The van der Waals surface area contributed by atoms with Crippen LogP contribution in [0.5, 0.6) is 5.75 Å². The fourth-order valence-electron chi connectivity index (χ4n) is 3.25. The number of rotatable bonds is 8. The van der Waals surface area contributed by atoms with E-state index in [2.05, 4.69) is 5.32 Å². The van der Waals surface area contributed by atoms with Crippen molar-refractivity contribution in [2.45, 2.75) is 32.7 Å². The number of urea groups is 1. The van der Waals surface area contributed by atoms with Gasteiger partial charge in [0.1, 0.15) is 12.4 Å². The van der Waals surface area contributed by atoms with Crippen molar-refractivity contribution in [2.75, 3.05) is 39.3 Å². The number of aryl methyl sites for hydroxylation is 1. The first kappa shape index (κ1) is 20.0. The Labute approximate surface area is 154 Å². The smallest absolute Gasteiger partial charge is 0.317 e. The summed E-state index contributed by atoms with van der Waals surface area (Å²) in [6, 6.07) is 7.92. The number of nitrogens with zero attached hydrogens (tertiary/aromatic N) is 2. The molecule has 7 heteroatoms. The molecule has 0 spiro atoms. The highest BCUT2D eigenvalue weighted by atomic mass is 16.5. The van der Waals surface area contributed by atoms with Crippen molar-refractivity contribution in [2.24, 2.45) is 0 Å². The molecule has 1 aromatic rings. The van der Waals surface area contributed by atoms with E-state index in [9.17, 15) is 14.7 Å². The minimum Gasteiger partial charge on any atom is -0.492 e. The third kappa shape index (κ3) is 6.22. The van der Waals surface area contributed by atoms with Gasteiger partial charge in [-0.15, -0.1) is 0 Å². The van der Waals surface area contributed by atoms with Crippen molar-refractivity contribution in [1.82, 2.24) is 15.1 Å². The summed E-state index contributed by atoms with van der Waals surface area (Å²) in [7, 11) is 0. The summed E-state index contributed by atoms with van der Waals surface area (Å²) in [4.78, 5) is 26.9. The Morgan fingerprint density at radius 2 is 2.08 bits per heavy atom. The van der Waals surface area contributed by atoms with E-state index in [1.807, 2.05) is 43.0 Å². The molecule has 1 aliphatic heterocycles. The Hall–Kier alpha value is -2.28. The van der Waals surface area contributed by atoms with Crippen molar-refractivity contribution in [3.05, 3.63) is 29.8 Å². The predicted octanol–water partition coefficient (Wildman–Crippen LogP) is 1.95. The monoisotopic (exact) mass is 363 g/mol. The molecule has 0 radical (unpaired) electrons. The van der Waals surface area contributed by atoms with Crippen molar-refractivity contribution < 1.29 is 19.4 Å². The molecule has 0 unspecified atom stereocenters. The van der Waals surface area contributed by atoms with Crippen LogP contribution in [0.15, 0.2) is 24.3 Å². The standard InChI is InChI=1S/C19H29N3O4/c1-3-20-19(25)21-9-7-16(8-10-21)22(14-18(23)24)11-12-26-17-6-4-5-15(2)13-17/h4-6,13,16H,3,7-12,14H2,1-2H3,(H,20,25)(H,23,24). The van der Waals surface area contributed by atoms with Crippen LogP contribution in [0.3, 0.4) is 0 Å². The third-order valence-corrected chi connectivity index (χ3v) is 4.57. The summed E-state index contributed by atoms with van der Waals surface area (Å²) in [5, 5.41) is 12.0. The molecule has 26 heavy (non-hydrogen) atoms. The first-order valence-electron chi connectivity index (χ1n) is 9.17. The highest BCUT2D eigenvalue weighted by Crippen LogP contribution is 2.17. The fraction of sp³-hybridized carbons (Fsp3) is 0.579. The number of benzene rings is 1. The maximum atomic E-state index is 11.9. The second kappa shape index (κ2) is 10.0. The molecule has 1 saturated heterocycles. The summed E-state index contributed by atoms with van der Waals surface area (Å²) in [6.07, 6.45) is 1.55. The summed E-state index contributed by atoms with van der Waals surface area (Å²) in [6.45, 7) is 6.78. The Morgan fingerprint density at radius 1 is 1.35 bits per heavy atom. The lowest BCUT2D eigenvalue weighted by Gasteiger charge is -2.37. The van der Waals surface area contributed by atoms with Crippen molar-refractivity contribution in [1.29, 1.82) is 0 Å². The van der Waals surface area contributed by atoms with Gasteiger partial charge in [-0.2, -0.15) is 0 Å². The van der Waals surface area contributed by atoms with Gasteiger partial charge < -0.3 is 20.1 Å². The first-order chi connectivity index (χ1) is 12.5. The maximum absolute atomic E-state index is 11.9. The minimum atomic E-state index is -0.841. The van der Waals surface area contributed by atoms with Crippen LogP contribution in [0.25, 0.3) is 0 Å². The van der Waals surface area contributed by atoms with Gasteiger partial charge in [0.25, 0.3) is 0 Å². The number of likely N-dealkylation sites (tertiary alicyclic amines) is 1. The number of carboxylic acids is 1. The topological polar surface area (TPSA) is 82.1 Å². The molecule has 1 aliphatic rings. The number of hydrogen-bond acceptors (Lipinski definition) is 4. The van der Waals surface area contributed by atoms with E-state index in [1.54, 1.807) is 4.90 Å². The minimum absolute atomic E-state index is 0.0109. The fourth-order valence-corrected chi connectivity index (χ4v) is 3.25. The van der Waals surface area contributed by atoms with E-state index in [0.29, 0.717) is 32.8 Å². The van der Waals surface area contributed by atoms with Gasteiger partial charge in [0.15, 0.2) is 0 Å². The van der Waals surface area contributed by atoms with Gasteiger partial charge in [-0.05, 0) is 44.4 Å². The normalized spacial score (nSPS) is 15.1. The lowest BCUT2D eigenvalue weighted by atomic mass is 10.0. The van der Waals surface area contributed by atoms with Gasteiger partial charge in [-0.3, -0.25) is 9.69 Å². The molecule has 0 aliphatic carbocycles. The van der Waals surface area contributed by atoms with Gasteiger partial charge >= 0.3 is 12.0 Å². The molecule has 2 rings (SSSR count). The van der Waals surface area contributed by atoms with Crippen molar-refractivity contribution in [3.8, 4) is 5.75 Å². The molecule has 7 nitrogen and oxygen atoms in total. The molecule has 1 heterocycles. The van der Waals surface area contributed by atoms with Crippen LogP contribution in [-0.2, 0) is 4.79 Å². The number of amides is 2. The molecule has 1 aromatic carbocycles. The van der Waals surface area contributed by atoms with Gasteiger partial charge in [-0.1, -0.05) is 12.1 Å². The lowest BCUT2D eigenvalue weighted by molar-refractivity contribution is -0.139. The summed E-state index contributed by atoms with van der Waals surface area (Å²) >= 11 is 0. The van der Waals surface area contributed by atoms with Crippen LogP contribution in [0, 0.1) is 6.92 Å². The van der Waals surface area contributed by atoms with Crippen LogP contribution < -0.4 is 10.1 Å². The molecule has 0 aromatic heterocycles. The van der Waals surface area contributed by atoms with Crippen molar-refractivity contribution in [3.63, 3.8) is 0 Å². The van der Waals surface area contributed by atoms with E-state index >= 15 is 0 Å². The van der Waals surface area contributed by atoms with Gasteiger partial charge in [-0.25, -0.2) is 4.79 Å². The number of ether oxygens (including phenoxy) is 1. The van der Waals surface area contributed by atoms with Gasteiger partial charge in [0.2, 0.25) is 0 Å². The molecule has 2 N–H and O–H groups in total. The summed E-state index contributed by atoms with van der Waals surface area (Å²) in [5.41, 5.74) is 1.13. The highest BCUT2D eigenvalue weighted by Gasteiger charge is 2.27. The zero-order valence-electron chi connectivity index (χ0n) is 15.6. The predicted molar refractivity (Wildman–Crippen MR) is 99.6 cm³/mol. The van der Waals surface area contributed by atoms with E-state index in [-0.39, 0.29) is 18.6 Å². The second-order valence-corrected chi connectivity index (χ2v) is 6.58. The average molecular weight is 363 g/mol. The Balaban J connectivity index is 1.85. The number of carbonyl (C=O) groups excluding carboxylic acids is 1. The van der Waals surface area contributed by atoms with Crippen LogP contribution in [-0.4, -0.2) is 72.3 Å². The van der Waals surface area contributed by atoms with Crippen LogP contribution in [0.2, 0.25) is 0 Å². The molecule has 144 valence electrons. The molecule has 0 saturated carbocycles. The Bertz CT molecular complexity index is 600. The number of carbonyl (C=O) groups is 2. The van der Waals surface area contributed by atoms with Crippen LogP contribution in [0.4, 0.5) is 4.79 Å². The highest BCUT2D eigenvalue weighted by molar-refractivity contribution is 5.74.